The minimum atomic E-state index is -0.332. The van der Waals surface area contributed by atoms with Crippen LogP contribution in [0.25, 0.3) is 6.08 Å². The summed E-state index contributed by atoms with van der Waals surface area (Å²) in [6.45, 7) is 2.62. The lowest BCUT2D eigenvalue weighted by Gasteiger charge is -2.14. The van der Waals surface area contributed by atoms with E-state index in [1.54, 1.807) is 18.2 Å². The van der Waals surface area contributed by atoms with E-state index in [-0.39, 0.29) is 24.8 Å². The molecule has 1 heterocycles. The summed E-state index contributed by atoms with van der Waals surface area (Å²) in [5, 5.41) is 0. The van der Waals surface area contributed by atoms with Gasteiger partial charge in [0.1, 0.15) is 4.32 Å². The van der Waals surface area contributed by atoms with Gasteiger partial charge in [-0.1, -0.05) is 37.3 Å². The molecule has 0 spiro atoms. The molecule has 1 aliphatic rings. The molecule has 1 saturated heterocycles. The average Bonchev–Trinajstić information content (AvgIpc) is 2.98. The molecule has 7 nitrogen and oxygen atoms in total. The summed E-state index contributed by atoms with van der Waals surface area (Å²) in [4.78, 5) is 26.4. The molecule has 0 aromatic heterocycles. The van der Waals surface area contributed by atoms with E-state index in [1.165, 1.54) is 38.0 Å². The summed E-state index contributed by atoms with van der Waals surface area (Å²) < 4.78 is 21.5. The van der Waals surface area contributed by atoms with E-state index in [0.29, 0.717) is 38.6 Å². The van der Waals surface area contributed by atoms with E-state index in [4.69, 9.17) is 31.2 Å². The van der Waals surface area contributed by atoms with E-state index in [2.05, 4.69) is 0 Å². The highest BCUT2D eigenvalue weighted by Gasteiger charge is 2.32. The minimum absolute atomic E-state index is 0.105. The Morgan fingerprint density at radius 1 is 1.17 bits per heavy atom. The van der Waals surface area contributed by atoms with Crippen molar-refractivity contribution in [3.05, 3.63) is 22.6 Å². The summed E-state index contributed by atoms with van der Waals surface area (Å²) >= 11 is 6.50. The van der Waals surface area contributed by atoms with Crippen molar-refractivity contribution in [1.29, 1.82) is 0 Å². The maximum Gasteiger partial charge on any atom is 0.307 e. The van der Waals surface area contributed by atoms with E-state index >= 15 is 0 Å². The molecule has 2 rings (SSSR count). The number of ether oxygens (including phenoxy) is 4. The molecular formula is C20H25NO6S2. The number of benzene rings is 1. The van der Waals surface area contributed by atoms with Crippen molar-refractivity contribution in [3.8, 4) is 17.2 Å². The van der Waals surface area contributed by atoms with Crippen LogP contribution >= 0.6 is 24.0 Å². The number of nitrogens with zero attached hydrogens (tertiary/aromatic N) is 1. The fourth-order valence-electron chi connectivity index (χ4n) is 2.63. The van der Waals surface area contributed by atoms with Gasteiger partial charge in [-0.25, -0.2) is 0 Å². The third-order valence-electron chi connectivity index (χ3n) is 4.16. The van der Waals surface area contributed by atoms with Crippen molar-refractivity contribution in [2.24, 2.45) is 0 Å². The van der Waals surface area contributed by atoms with Crippen molar-refractivity contribution < 1.29 is 28.5 Å². The van der Waals surface area contributed by atoms with Crippen molar-refractivity contribution in [2.75, 3.05) is 34.5 Å². The van der Waals surface area contributed by atoms with Crippen molar-refractivity contribution >= 4 is 46.3 Å². The smallest absolute Gasteiger partial charge is 0.307 e. The second-order valence-corrected chi connectivity index (χ2v) is 7.79. The zero-order valence-electron chi connectivity index (χ0n) is 17.0. The monoisotopic (exact) mass is 439 g/mol. The molecule has 158 valence electrons. The molecule has 0 bridgehead atoms. The topological polar surface area (TPSA) is 74.3 Å². The van der Waals surface area contributed by atoms with Crippen LogP contribution in [0.2, 0.25) is 0 Å². The summed E-state index contributed by atoms with van der Waals surface area (Å²) in [6.07, 6.45) is 3.59. The summed E-state index contributed by atoms with van der Waals surface area (Å²) in [6, 6.07) is 3.50. The van der Waals surface area contributed by atoms with Gasteiger partial charge in [-0.2, -0.15) is 0 Å². The molecule has 1 aromatic carbocycles. The van der Waals surface area contributed by atoms with Gasteiger partial charge in [-0.3, -0.25) is 14.5 Å². The number of hydrogen-bond acceptors (Lipinski definition) is 8. The van der Waals surface area contributed by atoms with Gasteiger partial charge in [0.05, 0.1) is 39.3 Å². The largest absolute Gasteiger partial charge is 0.493 e. The SMILES string of the molecule is CCCCOC(=O)CCN1C(=O)C(=Cc2cc(OC)c(OC)c(OC)c2)SC1=S. The predicted octanol–water partition coefficient (Wildman–Crippen LogP) is 3.65. The van der Waals surface area contributed by atoms with Crippen molar-refractivity contribution in [3.63, 3.8) is 0 Å². The fourth-order valence-corrected chi connectivity index (χ4v) is 3.94. The molecule has 0 radical (unpaired) electrons. The molecule has 1 amide bonds. The van der Waals surface area contributed by atoms with Crippen LogP contribution in [0.1, 0.15) is 31.7 Å². The lowest BCUT2D eigenvalue weighted by atomic mass is 10.1. The van der Waals surface area contributed by atoms with Gasteiger partial charge in [-0.05, 0) is 30.2 Å². The van der Waals surface area contributed by atoms with Gasteiger partial charge in [-0.15, -0.1) is 0 Å². The van der Waals surface area contributed by atoms with Crippen LogP contribution in [0.5, 0.6) is 17.2 Å². The second kappa shape index (κ2) is 11.1. The summed E-state index contributed by atoms with van der Waals surface area (Å²) in [7, 11) is 4.58. The molecule has 29 heavy (non-hydrogen) atoms. The first-order valence-corrected chi connectivity index (χ1v) is 10.4. The molecule has 0 atom stereocenters. The molecule has 1 fully saturated rings. The Kier molecular flexibility index (Phi) is 8.78. The van der Waals surface area contributed by atoms with E-state index in [1.807, 2.05) is 6.92 Å². The van der Waals surface area contributed by atoms with Gasteiger partial charge >= 0.3 is 5.97 Å². The van der Waals surface area contributed by atoms with Gasteiger partial charge < -0.3 is 18.9 Å². The third-order valence-corrected chi connectivity index (χ3v) is 5.54. The maximum atomic E-state index is 12.7. The fraction of sp³-hybridized carbons (Fsp3) is 0.450. The zero-order valence-corrected chi connectivity index (χ0v) is 18.6. The molecular weight excluding hydrogens is 414 g/mol. The van der Waals surface area contributed by atoms with Crippen LogP contribution in [-0.2, 0) is 14.3 Å². The number of thiocarbonyl (C=S) groups is 1. The molecule has 9 heteroatoms. The first kappa shape index (κ1) is 23.0. The summed E-state index contributed by atoms with van der Waals surface area (Å²) in [5.74, 6) is 0.879. The van der Waals surface area contributed by atoms with Crippen LogP contribution in [0.3, 0.4) is 0 Å². The second-order valence-electron chi connectivity index (χ2n) is 6.12. The number of amides is 1. The van der Waals surface area contributed by atoms with E-state index in [9.17, 15) is 9.59 Å². The average molecular weight is 440 g/mol. The molecule has 1 aromatic rings. The standard InChI is InChI=1S/C20H25NO6S2/c1-5-6-9-27-17(22)7-8-21-19(23)16(29-20(21)28)12-13-10-14(24-2)18(26-4)15(11-13)25-3/h10-12H,5-9H2,1-4H3. The van der Waals surface area contributed by atoms with Crippen LogP contribution < -0.4 is 14.2 Å². The predicted molar refractivity (Wildman–Crippen MR) is 116 cm³/mol. The zero-order chi connectivity index (χ0) is 21.4. The number of carbonyl (C=O) groups excluding carboxylic acids is 2. The lowest BCUT2D eigenvalue weighted by molar-refractivity contribution is -0.144. The Morgan fingerprint density at radius 2 is 1.83 bits per heavy atom. The number of carbonyl (C=O) groups is 2. The Labute approximate surface area is 180 Å². The van der Waals surface area contributed by atoms with Gasteiger partial charge in [0.25, 0.3) is 5.91 Å². The van der Waals surface area contributed by atoms with Crippen molar-refractivity contribution in [1.82, 2.24) is 4.90 Å². The number of esters is 1. The molecule has 1 aliphatic heterocycles. The third kappa shape index (κ3) is 5.86. The number of rotatable bonds is 10. The van der Waals surface area contributed by atoms with Crippen LogP contribution in [0, 0.1) is 0 Å². The lowest BCUT2D eigenvalue weighted by Crippen LogP contribution is -2.30. The Hall–Kier alpha value is -2.26. The quantitative estimate of drug-likeness (QED) is 0.237. The number of hydrogen-bond donors (Lipinski definition) is 0. The number of methoxy groups -OCH3 is 3. The summed E-state index contributed by atoms with van der Waals surface area (Å²) in [5.41, 5.74) is 0.707. The minimum Gasteiger partial charge on any atom is -0.493 e. The van der Waals surface area contributed by atoms with Crippen LogP contribution in [0.15, 0.2) is 17.0 Å². The van der Waals surface area contributed by atoms with Crippen molar-refractivity contribution in [2.45, 2.75) is 26.2 Å². The Bertz CT molecular complexity index is 783. The van der Waals surface area contributed by atoms with Gasteiger partial charge in [0, 0.05) is 6.54 Å². The maximum absolute atomic E-state index is 12.7. The first-order chi connectivity index (χ1) is 13.9. The van der Waals surface area contributed by atoms with Crippen LogP contribution in [-0.4, -0.2) is 55.6 Å². The highest BCUT2D eigenvalue weighted by Crippen LogP contribution is 2.40. The molecule has 0 unspecified atom stereocenters. The molecule has 0 aliphatic carbocycles. The van der Waals surface area contributed by atoms with Crippen LogP contribution in [0.4, 0.5) is 0 Å². The Balaban J connectivity index is 2.12. The first-order valence-electron chi connectivity index (χ1n) is 9.16. The van der Waals surface area contributed by atoms with E-state index < -0.39 is 0 Å². The van der Waals surface area contributed by atoms with E-state index in [0.717, 1.165) is 12.8 Å². The van der Waals surface area contributed by atoms with Gasteiger partial charge in [0.15, 0.2) is 11.5 Å². The Morgan fingerprint density at radius 3 is 2.38 bits per heavy atom. The van der Waals surface area contributed by atoms with Gasteiger partial charge in [0.2, 0.25) is 5.75 Å². The molecule has 0 saturated carbocycles. The highest BCUT2D eigenvalue weighted by molar-refractivity contribution is 8.26. The number of thioether (sulfide) groups is 1. The number of unbranched alkanes of at least 4 members (excludes halogenated alkanes) is 1. The molecule has 0 N–H and O–H groups in total. The highest BCUT2D eigenvalue weighted by atomic mass is 32.2. The normalized spacial score (nSPS) is 15.0.